The number of benzene rings is 1. The van der Waals surface area contributed by atoms with Crippen molar-refractivity contribution in [1.82, 2.24) is 9.80 Å². The zero-order chi connectivity index (χ0) is 22.0. The van der Waals surface area contributed by atoms with Crippen molar-refractivity contribution in [2.45, 2.75) is 37.2 Å². The van der Waals surface area contributed by atoms with Crippen molar-refractivity contribution in [3.8, 4) is 0 Å². The molecule has 1 aliphatic heterocycles. The van der Waals surface area contributed by atoms with Crippen molar-refractivity contribution in [2.24, 2.45) is 5.92 Å². The van der Waals surface area contributed by atoms with E-state index in [2.05, 4.69) is 23.4 Å². The lowest BCUT2D eigenvalue weighted by molar-refractivity contribution is -0.0526. The zero-order valence-electron chi connectivity index (χ0n) is 18.2. The molecule has 3 atom stereocenters. The number of piperazine rings is 1. The SMILES string of the molecule is C=C1CCCC(CN2CCN(C)CC2)C(O)(Cc2c(F)cccc2Cl)C1c1ccco1. The number of halogens is 2. The topological polar surface area (TPSA) is 39.9 Å². The van der Waals surface area contributed by atoms with Gasteiger partial charge in [0.2, 0.25) is 0 Å². The first kappa shape index (κ1) is 22.5. The van der Waals surface area contributed by atoms with E-state index in [9.17, 15) is 9.50 Å². The van der Waals surface area contributed by atoms with E-state index in [-0.39, 0.29) is 18.2 Å². The maximum absolute atomic E-state index is 14.8. The Bertz CT molecular complexity index is 875. The van der Waals surface area contributed by atoms with Crippen molar-refractivity contribution in [3.05, 3.63) is 70.9 Å². The highest BCUT2D eigenvalue weighted by Crippen LogP contribution is 2.48. The molecule has 2 fully saturated rings. The summed E-state index contributed by atoms with van der Waals surface area (Å²) >= 11 is 6.40. The molecule has 1 saturated heterocycles. The molecule has 4 rings (SSSR count). The van der Waals surface area contributed by atoms with Gasteiger partial charge in [-0.1, -0.05) is 29.8 Å². The molecule has 2 aliphatic rings. The van der Waals surface area contributed by atoms with Gasteiger partial charge in [-0.25, -0.2) is 4.39 Å². The molecule has 4 nitrogen and oxygen atoms in total. The summed E-state index contributed by atoms with van der Waals surface area (Å²) in [7, 11) is 2.14. The van der Waals surface area contributed by atoms with Gasteiger partial charge in [0.25, 0.3) is 0 Å². The molecule has 0 radical (unpaired) electrons. The van der Waals surface area contributed by atoms with Gasteiger partial charge in [0.05, 0.1) is 17.8 Å². The van der Waals surface area contributed by atoms with Crippen LogP contribution in [0.2, 0.25) is 5.02 Å². The Kier molecular flexibility index (Phi) is 6.87. The minimum Gasteiger partial charge on any atom is -0.469 e. The van der Waals surface area contributed by atoms with Crippen LogP contribution in [0.5, 0.6) is 0 Å². The number of hydrogen-bond donors (Lipinski definition) is 1. The minimum absolute atomic E-state index is 0.0547. The first-order valence-electron chi connectivity index (χ1n) is 11.2. The van der Waals surface area contributed by atoms with Gasteiger partial charge in [-0.15, -0.1) is 0 Å². The van der Waals surface area contributed by atoms with E-state index in [1.54, 1.807) is 18.4 Å². The fourth-order valence-corrected chi connectivity index (χ4v) is 5.51. The molecule has 1 aromatic heterocycles. The first-order valence-corrected chi connectivity index (χ1v) is 11.5. The number of furan rings is 1. The van der Waals surface area contributed by atoms with Gasteiger partial charge in [0, 0.05) is 55.6 Å². The van der Waals surface area contributed by atoms with Crippen molar-refractivity contribution >= 4 is 11.6 Å². The number of rotatable bonds is 5. The van der Waals surface area contributed by atoms with Crippen molar-refractivity contribution in [3.63, 3.8) is 0 Å². The Morgan fingerprint density at radius 3 is 2.68 bits per heavy atom. The third-order valence-electron chi connectivity index (χ3n) is 7.09. The second-order valence-corrected chi connectivity index (χ2v) is 9.58. The molecule has 0 bridgehead atoms. The second kappa shape index (κ2) is 9.45. The molecule has 2 aromatic rings. The monoisotopic (exact) mass is 446 g/mol. The summed E-state index contributed by atoms with van der Waals surface area (Å²) in [6.45, 7) is 9.04. The first-order chi connectivity index (χ1) is 14.9. The van der Waals surface area contributed by atoms with Gasteiger partial charge in [0.1, 0.15) is 11.6 Å². The minimum atomic E-state index is -1.25. The van der Waals surface area contributed by atoms with Gasteiger partial charge < -0.3 is 19.3 Å². The molecule has 6 heteroatoms. The number of hydrogen-bond acceptors (Lipinski definition) is 4. The molecule has 1 aromatic carbocycles. The van der Waals surface area contributed by atoms with Gasteiger partial charge >= 0.3 is 0 Å². The quantitative estimate of drug-likeness (QED) is 0.532. The molecule has 0 spiro atoms. The summed E-state index contributed by atoms with van der Waals surface area (Å²) in [5.74, 6) is -0.156. The predicted molar refractivity (Wildman–Crippen MR) is 122 cm³/mol. The van der Waals surface area contributed by atoms with Crippen LogP contribution in [0.4, 0.5) is 4.39 Å². The summed E-state index contributed by atoms with van der Waals surface area (Å²) in [4.78, 5) is 4.74. The molecule has 0 amide bonds. The molecule has 1 saturated carbocycles. The summed E-state index contributed by atoms with van der Waals surface area (Å²) in [5.41, 5.74) is 0.0488. The van der Waals surface area contributed by atoms with Crippen LogP contribution in [0, 0.1) is 11.7 Å². The van der Waals surface area contributed by atoms with Gasteiger partial charge in [-0.05, 0) is 50.6 Å². The average Bonchev–Trinajstić information content (AvgIpc) is 3.22. The Labute approximate surface area is 189 Å². The van der Waals surface area contributed by atoms with Crippen LogP contribution < -0.4 is 0 Å². The van der Waals surface area contributed by atoms with E-state index in [0.717, 1.165) is 57.6 Å². The maximum Gasteiger partial charge on any atom is 0.127 e. The van der Waals surface area contributed by atoms with E-state index in [0.29, 0.717) is 16.3 Å². The molecule has 1 aliphatic carbocycles. The lowest BCUT2D eigenvalue weighted by Crippen LogP contribution is -2.53. The fourth-order valence-electron chi connectivity index (χ4n) is 5.28. The molecular weight excluding hydrogens is 415 g/mol. The van der Waals surface area contributed by atoms with E-state index in [1.165, 1.54) is 6.07 Å². The molecule has 168 valence electrons. The van der Waals surface area contributed by atoms with Crippen molar-refractivity contribution in [2.75, 3.05) is 39.8 Å². The fraction of sp³-hybridized carbons (Fsp3) is 0.520. The number of nitrogens with zero attached hydrogens (tertiary/aromatic N) is 2. The lowest BCUT2D eigenvalue weighted by atomic mass is 9.69. The largest absolute Gasteiger partial charge is 0.469 e. The third kappa shape index (κ3) is 4.75. The molecule has 31 heavy (non-hydrogen) atoms. The molecular formula is C25H32ClFN2O2. The third-order valence-corrected chi connectivity index (χ3v) is 7.44. The average molecular weight is 447 g/mol. The Hall–Kier alpha value is -1.66. The smallest absolute Gasteiger partial charge is 0.127 e. The zero-order valence-corrected chi connectivity index (χ0v) is 19.0. The normalized spacial score (nSPS) is 28.6. The highest BCUT2D eigenvalue weighted by atomic mass is 35.5. The van der Waals surface area contributed by atoms with E-state index in [1.807, 2.05) is 12.1 Å². The van der Waals surface area contributed by atoms with E-state index in [4.69, 9.17) is 16.0 Å². The van der Waals surface area contributed by atoms with Crippen molar-refractivity contribution < 1.29 is 13.9 Å². The summed E-state index contributed by atoms with van der Waals surface area (Å²) in [6.07, 6.45) is 4.37. The second-order valence-electron chi connectivity index (χ2n) is 9.17. The van der Waals surface area contributed by atoms with Crippen LogP contribution >= 0.6 is 11.6 Å². The Morgan fingerprint density at radius 1 is 1.23 bits per heavy atom. The van der Waals surface area contributed by atoms with Gasteiger partial charge in [-0.3, -0.25) is 0 Å². The van der Waals surface area contributed by atoms with Crippen LogP contribution in [0.15, 0.2) is 53.2 Å². The summed E-state index contributed by atoms with van der Waals surface area (Å²) in [5, 5.41) is 12.8. The summed E-state index contributed by atoms with van der Waals surface area (Å²) < 4.78 is 20.6. The van der Waals surface area contributed by atoms with Crippen LogP contribution in [0.25, 0.3) is 0 Å². The highest BCUT2D eigenvalue weighted by Gasteiger charge is 2.49. The maximum atomic E-state index is 14.8. The summed E-state index contributed by atoms with van der Waals surface area (Å²) in [6, 6.07) is 8.42. The molecule has 3 unspecified atom stereocenters. The van der Waals surface area contributed by atoms with Crippen LogP contribution in [0.1, 0.15) is 36.5 Å². The van der Waals surface area contributed by atoms with E-state index >= 15 is 0 Å². The van der Waals surface area contributed by atoms with Crippen LogP contribution in [-0.2, 0) is 6.42 Å². The molecule has 1 N–H and O–H groups in total. The van der Waals surface area contributed by atoms with Gasteiger partial charge in [0.15, 0.2) is 0 Å². The number of likely N-dealkylation sites (N-methyl/N-ethyl adjacent to an activating group) is 1. The van der Waals surface area contributed by atoms with Crippen LogP contribution in [-0.4, -0.2) is 60.3 Å². The number of aliphatic hydroxyl groups is 1. The molecule has 2 heterocycles. The standard InChI is InChI=1S/C25H32ClFN2O2/c1-18-6-3-7-19(17-29-13-11-28(2)12-14-29)25(30,24(18)23-10-5-15-31-23)16-20-21(26)8-4-9-22(20)27/h4-5,8-10,15,19,24,30H,1,3,6-7,11-14,16-17H2,2H3. The predicted octanol–water partition coefficient (Wildman–Crippen LogP) is 4.73. The highest BCUT2D eigenvalue weighted by molar-refractivity contribution is 6.31. The van der Waals surface area contributed by atoms with Gasteiger partial charge in [-0.2, -0.15) is 0 Å². The lowest BCUT2D eigenvalue weighted by Gasteiger charge is -2.44. The van der Waals surface area contributed by atoms with Crippen LogP contribution in [0.3, 0.4) is 0 Å². The van der Waals surface area contributed by atoms with E-state index < -0.39 is 11.5 Å². The Balaban J connectivity index is 1.73. The van der Waals surface area contributed by atoms with Crippen molar-refractivity contribution in [1.29, 1.82) is 0 Å². The Morgan fingerprint density at radius 2 is 2.00 bits per heavy atom.